The van der Waals surface area contributed by atoms with E-state index in [0.29, 0.717) is 24.2 Å². The summed E-state index contributed by atoms with van der Waals surface area (Å²) in [7, 11) is -2.45. The summed E-state index contributed by atoms with van der Waals surface area (Å²) in [6.45, 7) is 1.74. The Labute approximate surface area is 164 Å². The van der Waals surface area contributed by atoms with Gasteiger partial charge in [0.1, 0.15) is 0 Å². The van der Waals surface area contributed by atoms with Crippen molar-refractivity contribution in [3.05, 3.63) is 53.6 Å². The molecule has 3 rings (SSSR count). The zero-order valence-electron chi connectivity index (χ0n) is 15.9. The molecule has 0 radical (unpaired) electrons. The molecule has 0 aromatic heterocycles. The standard InChI is InChI=1S/C20H23N3O4S/c1-3-14-4-7-16(8-5-14)21-20(25)13-23(2)28(26,27)17-9-10-18-15(12-17)6-11-19(24)22-18/h4-5,7-10,12H,3,6,11,13H2,1-2H3,(H,21,25)(H,22,24). The van der Waals surface area contributed by atoms with E-state index in [9.17, 15) is 18.0 Å². The number of rotatable bonds is 6. The Morgan fingerprint density at radius 3 is 2.54 bits per heavy atom. The molecule has 28 heavy (non-hydrogen) atoms. The van der Waals surface area contributed by atoms with Crippen molar-refractivity contribution in [3.63, 3.8) is 0 Å². The van der Waals surface area contributed by atoms with Gasteiger partial charge in [-0.05, 0) is 54.3 Å². The molecule has 0 bridgehead atoms. The number of aryl methyl sites for hydroxylation is 2. The normalized spacial score (nSPS) is 13.8. The number of fused-ring (bicyclic) bond motifs is 1. The third-order valence-electron chi connectivity index (χ3n) is 4.69. The number of carbonyl (C=O) groups is 2. The predicted molar refractivity (Wildman–Crippen MR) is 108 cm³/mol. The Bertz CT molecular complexity index is 1000. The average Bonchev–Trinajstić information content (AvgIpc) is 2.67. The summed E-state index contributed by atoms with van der Waals surface area (Å²) in [6.07, 6.45) is 1.72. The number of hydrogen-bond donors (Lipinski definition) is 2. The molecule has 2 aromatic carbocycles. The summed E-state index contributed by atoms with van der Waals surface area (Å²) in [4.78, 5) is 23.8. The number of hydrogen-bond acceptors (Lipinski definition) is 4. The first kappa shape index (κ1) is 20.0. The second kappa shape index (κ2) is 8.12. The number of carbonyl (C=O) groups excluding carboxylic acids is 2. The van der Waals surface area contributed by atoms with Crippen molar-refractivity contribution in [2.75, 3.05) is 24.2 Å². The monoisotopic (exact) mass is 401 g/mol. The van der Waals surface area contributed by atoms with E-state index in [-0.39, 0.29) is 17.3 Å². The highest BCUT2D eigenvalue weighted by Crippen LogP contribution is 2.26. The summed E-state index contributed by atoms with van der Waals surface area (Å²) in [6, 6.07) is 12.0. The van der Waals surface area contributed by atoms with E-state index in [2.05, 4.69) is 10.6 Å². The van der Waals surface area contributed by atoms with Crippen LogP contribution in [0, 0.1) is 0 Å². The fourth-order valence-corrected chi connectivity index (χ4v) is 4.19. The Kier molecular flexibility index (Phi) is 5.81. The van der Waals surface area contributed by atoms with Gasteiger partial charge in [-0.2, -0.15) is 4.31 Å². The molecule has 1 heterocycles. The number of nitrogens with one attached hydrogen (secondary N) is 2. The van der Waals surface area contributed by atoms with Gasteiger partial charge >= 0.3 is 0 Å². The van der Waals surface area contributed by atoms with Gasteiger partial charge < -0.3 is 10.6 Å². The zero-order valence-corrected chi connectivity index (χ0v) is 16.7. The first-order valence-electron chi connectivity index (χ1n) is 9.07. The molecule has 0 spiro atoms. The summed E-state index contributed by atoms with van der Waals surface area (Å²) >= 11 is 0. The van der Waals surface area contributed by atoms with Gasteiger partial charge in [0.15, 0.2) is 0 Å². The Balaban J connectivity index is 1.69. The van der Waals surface area contributed by atoms with Gasteiger partial charge in [-0.15, -0.1) is 0 Å². The van der Waals surface area contributed by atoms with Crippen LogP contribution in [0.3, 0.4) is 0 Å². The maximum Gasteiger partial charge on any atom is 0.243 e. The van der Waals surface area contributed by atoms with Gasteiger partial charge in [0.25, 0.3) is 0 Å². The van der Waals surface area contributed by atoms with Crippen molar-refractivity contribution < 1.29 is 18.0 Å². The largest absolute Gasteiger partial charge is 0.326 e. The average molecular weight is 401 g/mol. The van der Waals surface area contributed by atoms with Crippen LogP contribution in [0.1, 0.15) is 24.5 Å². The van der Waals surface area contributed by atoms with Crippen LogP contribution in [0.25, 0.3) is 0 Å². The number of anilines is 2. The molecule has 0 aliphatic carbocycles. The fourth-order valence-electron chi connectivity index (χ4n) is 3.01. The molecule has 0 saturated carbocycles. The molecule has 2 amide bonds. The molecule has 2 aromatic rings. The van der Waals surface area contributed by atoms with Gasteiger partial charge in [0.05, 0.1) is 11.4 Å². The molecule has 0 fully saturated rings. The number of sulfonamides is 1. The number of nitrogens with zero attached hydrogens (tertiary/aromatic N) is 1. The molecule has 2 N–H and O–H groups in total. The van der Waals surface area contributed by atoms with Crippen LogP contribution in [0.2, 0.25) is 0 Å². The minimum absolute atomic E-state index is 0.0798. The molecule has 7 nitrogen and oxygen atoms in total. The fraction of sp³-hybridized carbons (Fsp3) is 0.300. The second-order valence-electron chi connectivity index (χ2n) is 6.73. The third kappa shape index (κ3) is 4.40. The zero-order chi connectivity index (χ0) is 20.3. The quantitative estimate of drug-likeness (QED) is 0.777. The highest BCUT2D eigenvalue weighted by molar-refractivity contribution is 7.89. The molecular formula is C20H23N3O4S. The van der Waals surface area contributed by atoms with Crippen molar-refractivity contribution in [1.82, 2.24) is 4.31 Å². The second-order valence-corrected chi connectivity index (χ2v) is 8.77. The summed E-state index contributed by atoms with van der Waals surface area (Å²) < 4.78 is 26.6. The van der Waals surface area contributed by atoms with Gasteiger partial charge in [-0.25, -0.2) is 8.42 Å². The van der Waals surface area contributed by atoms with Crippen molar-refractivity contribution in [1.29, 1.82) is 0 Å². The minimum Gasteiger partial charge on any atom is -0.326 e. The molecule has 1 aliphatic heterocycles. The van der Waals surface area contributed by atoms with Gasteiger partial charge in [-0.1, -0.05) is 19.1 Å². The number of benzene rings is 2. The molecule has 8 heteroatoms. The predicted octanol–water partition coefficient (Wildman–Crippen LogP) is 2.39. The number of amides is 2. The van der Waals surface area contributed by atoms with Crippen LogP contribution in [0.4, 0.5) is 11.4 Å². The third-order valence-corrected chi connectivity index (χ3v) is 6.49. The Morgan fingerprint density at radius 1 is 1.14 bits per heavy atom. The first-order chi connectivity index (χ1) is 13.3. The van der Waals surface area contributed by atoms with Crippen LogP contribution < -0.4 is 10.6 Å². The van der Waals surface area contributed by atoms with Crippen LogP contribution in [0.5, 0.6) is 0 Å². The molecule has 0 atom stereocenters. The molecule has 0 unspecified atom stereocenters. The van der Waals surface area contributed by atoms with Crippen molar-refractivity contribution in [3.8, 4) is 0 Å². The topological polar surface area (TPSA) is 95.6 Å². The molecular weight excluding hydrogens is 378 g/mol. The molecule has 1 aliphatic rings. The maximum absolute atomic E-state index is 12.8. The van der Waals surface area contributed by atoms with E-state index in [1.165, 1.54) is 13.1 Å². The highest BCUT2D eigenvalue weighted by Gasteiger charge is 2.25. The molecule has 148 valence electrons. The lowest BCUT2D eigenvalue weighted by atomic mass is 10.0. The van der Waals surface area contributed by atoms with Crippen molar-refractivity contribution >= 4 is 33.2 Å². The summed E-state index contributed by atoms with van der Waals surface area (Å²) in [5.74, 6) is -0.496. The van der Waals surface area contributed by atoms with Crippen LogP contribution in [-0.2, 0) is 32.5 Å². The summed E-state index contributed by atoms with van der Waals surface area (Å²) in [5.41, 5.74) is 3.18. The minimum atomic E-state index is -3.82. The summed E-state index contributed by atoms with van der Waals surface area (Å²) in [5, 5.41) is 5.43. The van der Waals surface area contributed by atoms with Crippen molar-refractivity contribution in [2.45, 2.75) is 31.1 Å². The van der Waals surface area contributed by atoms with E-state index in [1.807, 2.05) is 19.1 Å². The van der Waals surface area contributed by atoms with E-state index < -0.39 is 15.9 Å². The van der Waals surface area contributed by atoms with Crippen LogP contribution in [-0.4, -0.2) is 38.1 Å². The van der Waals surface area contributed by atoms with Crippen LogP contribution in [0.15, 0.2) is 47.4 Å². The number of likely N-dealkylation sites (N-methyl/N-ethyl adjacent to an activating group) is 1. The van der Waals surface area contributed by atoms with Gasteiger partial charge in [0, 0.05) is 24.8 Å². The molecule has 0 saturated heterocycles. The van der Waals surface area contributed by atoms with E-state index >= 15 is 0 Å². The van der Waals surface area contributed by atoms with Crippen molar-refractivity contribution in [2.24, 2.45) is 0 Å². The van der Waals surface area contributed by atoms with Gasteiger partial charge in [-0.3, -0.25) is 9.59 Å². The van der Waals surface area contributed by atoms with E-state index in [0.717, 1.165) is 21.9 Å². The first-order valence-corrected chi connectivity index (χ1v) is 10.5. The lowest BCUT2D eigenvalue weighted by molar-refractivity contribution is -0.117. The SMILES string of the molecule is CCc1ccc(NC(=O)CN(C)S(=O)(=O)c2ccc3c(c2)CCC(=O)N3)cc1. The highest BCUT2D eigenvalue weighted by atomic mass is 32.2. The maximum atomic E-state index is 12.8. The van der Waals surface area contributed by atoms with E-state index in [4.69, 9.17) is 0 Å². The Hall–Kier alpha value is -2.71. The van der Waals surface area contributed by atoms with Crippen LogP contribution >= 0.6 is 0 Å². The van der Waals surface area contributed by atoms with E-state index in [1.54, 1.807) is 24.3 Å². The Morgan fingerprint density at radius 2 is 1.86 bits per heavy atom. The smallest absolute Gasteiger partial charge is 0.243 e. The van der Waals surface area contributed by atoms with Gasteiger partial charge in [0.2, 0.25) is 21.8 Å². The lowest BCUT2D eigenvalue weighted by Crippen LogP contribution is -2.35. The lowest BCUT2D eigenvalue weighted by Gasteiger charge is -2.20.